The third-order valence-electron chi connectivity index (χ3n) is 2.28. The summed E-state index contributed by atoms with van der Waals surface area (Å²) in [5, 5.41) is 0. The molecule has 0 aromatic rings. The third-order valence-corrected chi connectivity index (χ3v) is 3.43. The molecule has 1 atom stereocenters. The molecular weight excluding hydrogens is 168 g/mol. The van der Waals surface area contributed by atoms with Crippen molar-refractivity contribution in [2.75, 3.05) is 12.9 Å². The number of hydrogen-bond donors (Lipinski definition) is 0. The molecule has 1 saturated heterocycles. The van der Waals surface area contributed by atoms with E-state index in [1.54, 1.807) is 0 Å². The minimum absolute atomic E-state index is 0.00868. The van der Waals surface area contributed by atoms with Gasteiger partial charge in [0.05, 0.1) is 0 Å². The first-order valence-electron chi connectivity index (χ1n) is 4.66. The van der Waals surface area contributed by atoms with Crippen molar-refractivity contribution in [1.82, 2.24) is 0 Å². The van der Waals surface area contributed by atoms with Gasteiger partial charge in [-0.05, 0) is 38.5 Å². The summed E-state index contributed by atoms with van der Waals surface area (Å²) < 4.78 is 5.86. The maximum Gasteiger partial charge on any atom is 0.132 e. The predicted molar refractivity (Wildman–Crippen MR) is 55.5 cm³/mol. The van der Waals surface area contributed by atoms with E-state index in [4.69, 9.17) is 4.74 Å². The SMILES string of the molecule is C/C=C\C1(SC)CCCCCO1. The van der Waals surface area contributed by atoms with Crippen LogP contribution in [0.1, 0.15) is 32.6 Å². The summed E-state index contributed by atoms with van der Waals surface area (Å²) in [5.74, 6) is 0. The van der Waals surface area contributed by atoms with E-state index >= 15 is 0 Å². The van der Waals surface area contributed by atoms with Crippen LogP contribution < -0.4 is 0 Å². The van der Waals surface area contributed by atoms with Gasteiger partial charge in [-0.1, -0.05) is 12.5 Å². The molecule has 0 amide bonds. The van der Waals surface area contributed by atoms with Crippen LogP contribution in [-0.4, -0.2) is 17.8 Å². The largest absolute Gasteiger partial charge is 0.361 e. The van der Waals surface area contributed by atoms with Gasteiger partial charge in [0, 0.05) is 6.61 Å². The second-order valence-corrected chi connectivity index (χ2v) is 4.27. The summed E-state index contributed by atoms with van der Waals surface area (Å²) >= 11 is 1.82. The lowest BCUT2D eigenvalue weighted by molar-refractivity contribution is 0.0657. The van der Waals surface area contributed by atoms with Crippen LogP contribution in [0.25, 0.3) is 0 Å². The molecular formula is C10H18OS. The normalized spacial score (nSPS) is 32.2. The molecule has 0 bridgehead atoms. The topological polar surface area (TPSA) is 9.23 Å². The van der Waals surface area contributed by atoms with E-state index in [0.29, 0.717) is 0 Å². The van der Waals surface area contributed by atoms with Gasteiger partial charge in [-0.3, -0.25) is 0 Å². The molecule has 1 nitrogen and oxygen atoms in total. The van der Waals surface area contributed by atoms with Gasteiger partial charge in [-0.2, -0.15) is 0 Å². The highest BCUT2D eigenvalue weighted by molar-refractivity contribution is 8.00. The summed E-state index contributed by atoms with van der Waals surface area (Å²) in [5.41, 5.74) is 0. The van der Waals surface area contributed by atoms with Crippen LogP contribution in [0, 0.1) is 0 Å². The van der Waals surface area contributed by atoms with Crippen molar-refractivity contribution in [3.63, 3.8) is 0 Å². The second-order valence-electron chi connectivity index (χ2n) is 3.18. The van der Waals surface area contributed by atoms with E-state index in [0.717, 1.165) is 6.61 Å². The van der Waals surface area contributed by atoms with Crippen LogP contribution in [-0.2, 0) is 4.74 Å². The molecule has 0 aromatic heterocycles. The highest BCUT2D eigenvalue weighted by Gasteiger charge is 2.27. The van der Waals surface area contributed by atoms with Crippen LogP contribution in [0.4, 0.5) is 0 Å². The molecule has 0 radical (unpaired) electrons. The molecule has 0 saturated carbocycles. The van der Waals surface area contributed by atoms with Crippen molar-refractivity contribution in [3.05, 3.63) is 12.2 Å². The zero-order valence-electron chi connectivity index (χ0n) is 8.01. The van der Waals surface area contributed by atoms with Crippen molar-refractivity contribution < 1.29 is 4.74 Å². The van der Waals surface area contributed by atoms with Gasteiger partial charge >= 0.3 is 0 Å². The molecule has 70 valence electrons. The molecule has 0 spiro atoms. The molecule has 1 fully saturated rings. The predicted octanol–water partition coefficient (Wildman–Crippen LogP) is 3.21. The smallest absolute Gasteiger partial charge is 0.132 e. The lowest BCUT2D eigenvalue weighted by Crippen LogP contribution is -2.24. The number of hydrogen-bond acceptors (Lipinski definition) is 2. The van der Waals surface area contributed by atoms with E-state index in [2.05, 4.69) is 25.3 Å². The van der Waals surface area contributed by atoms with Crippen LogP contribution in [0.15, 0.2) is 12.2 Å². The Hall–Kier alpha value is 0.0500. The molecule has 0 aliphatic carbocycles. The Morgan fingerprint density at radius 2 is 2.17 bits per heavy atom. The van der Waals surface area contributed by atoms with Crippen LogP contribution in [0.3, 0.4) is 0 Å². The molecule has 0 aromatic carbocycles. The Morgan fingerprint density at radius 3 is 2.83 bits per heavy atom. The third kappa shape index (κ3) is 2.53. The monoisotopic (exact) mass is 186 g/mol. The fourth-order valence-electron chi connectivity index (χ4n) is 1.58. The number of rotatable bonds is 2. The Labute approximate surface area is 79.6 Å². The van der Waals surface area contributed by atoms with Gasteiger partial charge in [0.15, 0.2) is 0 Å². The molecule has 1 aliphatic heterocycles. The summed E-state index contributed by atoms with van der Waals surface area (Å²) in [6.07, 6.45) is 11.4. The summed E-state index contributed by atoms with van der Waals surface area (Å²) in [7, 11) is 0. The summed E-state index contributed by atoms with van der Waals surface area (Å²) in [4.78, 5) is -0.00868. The van der Waals surface area contributed by atoms with Crippen molar-refractivity contribution in [2.45, 2.75) is 37.5 Å². The van der Waals surface area contributed by atoms with E-state index in [1.165, 1.54) is 25.7 Å². The molecule has 1 aliphatic rings. The standard InChI is InChI=1S/C10H18OS/c1-3-7-10(12-2)8-5-4-6-9-11-10/h3,7H,4-6,8-9H2,1-2H3/b7-3-. The van der Waals surface area contributed by atoms with Crippen molar-refractivity contribution >= 4 is 11.8 Å². The fourth-order valence-corrected chi connectivity index (χ4v) is 2.40. The average molecular weight is 186 g/mol. The molecule has 1 unspecified atom stereocenters. The van der Waals surface area contributed by atoms with Crippen molar-refractivity contribution in [2.24, 2.45) is 0 Å². The van der Waals surface area contributed by atoms with Gasteiger partial charge < -0.3 is 4.74 Å². The average Bonchev–Trinajstić information content (AvgIpc) is 2.32. The van der Waals surface area contributed by atoms with Crippen LogP contribution in [0.2, 0.25) is 0 Å². The van der Waals surface area contributed by atoms with Gasteiger partial charge in [-0.25, -0.2) is 0 Å². The van der Waals surface area contributed by atoms with Crippen LogP contribution >= 0.6 is 11.8 Å². The first-order valence-corrected chi connectivity index (χ1v) is 5.88. The second kappa shape index (κ2) is 4.93. The lowest BCUT2D eigenvalue weighted by Gasteiger charge is -2.26. The van der Waals surface area contributed by atoms with Gasteiger partial charge in [0.2, 0.25) is 0 Å². The zero-order chi connectivity index (χ0) is 8.86. The van der Waals surface area contributed by atoms with E-state index in [1.807, 2.05) is 11.8 Å². The van der Waals surface area contributed by atoms with Crippen LogP contribution in [0.5, 0.6) is 0 Å². The quantitative estimate of drug-likeness (QED) is 0.612. The number of ether oxygens (including phenoxy) is 1. The lowest BCUT2D eigenvalue weighted by atomic mass is 10.1. The summed E-state index contributed by atoms with van der Waals surface area (Å²) in [6.45, 7) is 2.98. The van der Waals surface area contributed by atoms with Gasteiger partial charge in [-0.15, -0.1) is 11.8 Å². The van der Waals surface area contributed by atoms with E-state index in [-0.39, 0.29) is 4.93 Å². The first kappa shape index (κ1) is 10.1. The molecule has 1 rings (SSSR count). The minimum Gasteiger partial charge on any atom is -0.361 e. The van der Waals surface area contributed by atoms with Crippen molar-refractivity contribution in [1.29, 1.82) is 0 Å². The molecule has 2 heteroatoms. The van der Waals surface area contributed by atoms with E-state index in [9.17, 15) is 0 Å². The zero-order valence-corrected chi connectivity index (χ0v) is 8.82. The fraction of sp³-hybridized carbons (Fsp3) is 0.800. The van der Waals surface area contributed by atoms with E-state index < -0.39 is 0 Å². The maximum absolute atomic E-state index is 5.86. The maximum atomic E-state index is 5.86. The summed E-state index contributed by atoms with van der Waals surface area (Å²) in [6, 6.07) is 0. The Kier molecular flexibility index (Phi) is 4.16. The number of allylic oxidation sites excluding steroid dienone is 1. The van der Waals surface area contributed by atoms with Crippen molar-refractivity contribution in [3.8, 4) is 0 Å². The highest BCUT2D eigenvalue weighted by atomic mass is 32.2. The first-order chi connectivity index (χ1) is 5.83. The highest BCUT2D eigenvalue weighted by Crippen LogP contribution is 2.34. The van der Waals surface area contributed by atoms with Gasteiger partial charge in [0.25, 0.3) is 0 Å². The number of thioether (sulfide) groups is 1. The molecule has 0 N–H and O–H groups in total. The Morgan fingerprint density at radius 1 is 1.33 bits per heavy atom. The molecule has 1 heterocycles. The van der Waals surface area contributed by atoms with Gasteiger partial charge in [0.1, 0.15) is 4.93 Å². The molecule has 12 heavy (non-hydrogen) atoms. The minimum atomic E-state index is -0.00868. The Bertz CT molecular complexity index is 146. The Balaban J connectivity index is 2.61.